The SMILES string of the molecule is CC(C)CCOCCC1(CCl)CCCCC1. The average molecular weight is 247 g/mol. The molecule has 0 N–H and O–H groups in total. The number of hydrogen-bond acceptors (Lipinski definition) is 1. The summed E-state index contributed by atoms with van der Waals surface area (Å²) in [7, 11) is 0. The number of rotatable bonds is 7. The third kappa shape index (κ3) is 5.05. The zero-order valence-corrected chi connectivity index (χ0v) is 11.7. The zero-order chi connectivity index (χ0) is 11.9. The third-order valence-corrected chi connectivity index (χ3v) is 4.38. The molecule has 0 unspecified atom stereocenters. The second-order valence-corrected chi connectivity index (χ2v) is 6.01. The molecule has 96 valence electrons. The Bertz CT molecular complexity index is 174. The molecule has 0 saturated heterocycles. The highest BCUT2D eigenvalue weighted by Crippen LogP contribution is 2.40. The van der Waals surface area contributed by atoms with Crippen molar-refractivity contribution >= 4 is 11.6 Å². The van der Waals surface area contributed by atoms with E-state index in [9.17, 15) is 0 Å². The minimum absolute atomic E-state index is 0.400. The summed E-state index contributed by atoms with van der Waals surface area (Å²) in [6.45, 7) is 6.30. The Balaban J connectivity index is 2.13. The van der Waals surface area contributed by atoms with Crippen molar-refractivity contribution in [3.63, 3.8) is 0 Å². The molecule has 0 atom stereocenters. The molecule has 0 aliphatic heterocycles. The Hall–Kier alpha value is 0.250. The van der Waals surface area contributed by atoms with E-state index in [4.69, 9.17) is 16.3 Å². The van der Waals surface area contributed by atoms with Gasteiger partial charge in [0.2, 0.25) is 0 Å². The van der Waals surface area contributed by atoms with E-state index in [1.165, 1.54) is 38.5 Å². The molecule has 1 nitrogen and oxygen atoms in total. The fourth-order valence-corrected chi connectivity index (χ4v) is 2.86. The summed E-state index contributed by atoms with van der Waals surface area (Å²) in [5.41, 5.74) is 0.400. The zero-order valence-electron chi connectivity index (χ0n) is 10.9. The monoisotopic (exact) mass is 246 g/mol. The van der Waals surface area contributed by atoms with Crippen molar-refractivity contribution in [3.05, 3.63) is 0 Å². The van der Waals surface area contributed by atoms with Crippen molar-refractivity contribution in [2.45, 2.75) is 58.8 Å². The molecule has 1 aliphatic rings. The Morgan fingerprint density at radius 3 is 2.38 bits per heavy atom. The molecule has 0 heterocycles. The minimum atomic E-state index is 0.400. The normalized spacial score (nSPS) is 20.2. The van der Waals surface area contributed by atoms with Gasteiger partial charge in [-0.2, -0.15) is 0 Å². The minimum Gasteiger partial charge on any atom is -0.381 e. The van der Waals surface area contributed by atoms with E-state index in [1.54, 1.807) is 0 Å². The third-order valence-electron chi connectivity index (χ3n) is 3.81. The number of halogens is 1. The Labute approximate surface area is 106 Å². The summed E-state index contributed by atoms with van der Waals surface area (Å²) < 4.78 is 5.72. The molecule has 1 fully saturated rings. The number of alkyl halides is 1. The van der Waals surface area contributed by atoms with Gasteiger partial charge >= 0.3 is 0 Å². The summed E-state index contributed by atoms with van der Waals surface area (Å²) >= 11 is 6.14. The topological polar surface area (TPSA) is 9.23 Å². The molecule has 0 aromatic rings. The highest BCUT2D eigenvalue weighted by molar-refractivity contribution is 6.18. The van der Waals surface area contributed by atoms with Crippen molar-refractivity contribution < 1.29 is 4.74 Å². The molecule has 2 heteroatoms. The van der Waals surface area contributed by atoms with Crippen LogP contribution in [-0.2, 0) is 4.74 Å². The predicted octanol–water partition coefficient (Wildman–Crippen LogP) is 4.63. The van der Waals surface area contributed by atoms with Crippen molar-refractivity contribution in [2.24, 2.45) is 11.3 Å². The molecule has 16 heavy (non-hydrogen) atoms. The Morgan fingerprint density at radius 1 is 1.12 bits per heavy atom. The van der Waals surface area contributed by atoms with E-state index in [-0.39, 0.29) is 0 Å². The molecule has 0 amide bonds. The van der Waals surface area contributed by atoms with Crippen LogP contribution in [0.5, 0.6) is 0 Å². The molecule has 1 rings (SSSR count). The summed E-state index contributed by atoms with van der Waals surface area (Å²) in [6.07, 6.45) is 9.07. The van der Waals surface area contributed by atoms with Crippen LogP contribution < -0.4 is 0 Å². The first-order valence-corrected chi connectivity index (χ1v) is 7.36. The van der Waals surface area contributed by atoms with E-state index in [1.807, 2.05) is 0 Å². The lowest BCUT2D eigenvalue weighted by molar-refractivity contribution is 0.0783. The van der Waals surface area contributed by atoms with Crippen LogP contribution in [0.1, 0.15) is 58.8 Å². The maximum absolute atomic E-state index is 6.14. The molecule has 1 aliphatic carbocycles. The van der Waals surface area contributed by atoms with Gasteiger partial charge < -0.3 is 4.74 Å². The fraction of sp³-hybridized carbons (Fsp3) is 1.00. The van der Waals surface area contributed by atoms with Crippen LogP contribution in [0.2, 0.25) is 0 Å². The Kier molecular flexibility index (Phi) is 6.75. The van der Waals surface area contributed by atoms with Crippen molar-refractivity contribution in [1.29, 1.82) is 0 Å². The van der Waals surface area contributed by atoms with Crippen molar-refractivity contribution in [1.82, 2.24) is 0 Å². The maximum Gasteiger partial charge on any atom is 0.0471 e. The molecule has 0 aromatic carbocycles. The lowest BCUT2D eigenvalue weighted by Gasteiger charge is -2.35. The molecule has 0 radical (unpaired) electrons. The van der Waals surface area contributed by atoms with E-state index < -0.39 is 0 Å². The van der Waals surface area contributed by atoms with E-state index in [0.717, 1.165) is 31.4 Å². The van der Waals surface area contributed by atoms with Crippen LogP contribution in [0.25, 0.3) is 0 Å². The maximum atomic E-state index is 6.14. The van der Waals surface area contributed by atoms with Gasteiger partial charge in [0.15, 0.2) is 0 Å². The second kappa shape index (κ2) is 7.55. The van der Waals surface area contributed by atoms with Crippen LogP contribution in [0.4, 0.5) is 0 Å². The molecular formula is C14H27ClO. The smallest absolute Gasteiger partial charge is 0.0471 e. The molecule has 1 saturated carbocycles. The summed E-state index contributed by atoms with van der Waals surface area (Å²) in [5.74, 6) is 1.57. The molecular weight excluding hydrogens is 220 g/mol. The van der Waals surface area contributed by atoms with Crippen LogP contribution in [0.3, 0.4) is 0 Å². The number of ether oxygens (including phenoxy) is 1. The van der Waals surface area contributed by atoms with Gasteiger partial charge in [-0.05, 0) is 37.0 Å². The fourth-order valence-electron chi connectivity index (χ4n) is 2.46. The highest BCUT2D eigenvalue weighted by Gasteiger charge is 2.30. The van der Waals surface area contributed by atoms with Gasteiger partial charge in [-0.25, -0.2) is 0 Å². The first kappa shape index (κ1) is 14.3. The van der Waals surface area contributed by atoms with Gasteiger partial charge in [0.05, 0.1) is 0 Å². The number of hydrogen-bond donors (Lipinski definition) is 0. The largest absolute Gasteiger partial charge is 0.381 e. The molecule has 0 spiro atoms. The van der Waals surface area contributed by atoms with E-state index >= 15 is 0 Å². The van der Waals surface area contributed by atoms with Crippen molar-refractivity contribution in [3.8, 4) is 0 Å². The van der Waals surface area contributed by atoms with Gasteiger partial charge in [0.25, 0.3) is 0 Å². The lowest BCUT2D eigenvalue weighted by atomic mass is 9.73. The van der Waals surface area contributed by atoms with Gasteiger partial charge in [-0.15, -0.1) is 11.6 Å². The lowest BCUT2D eigenvalue weighted by Crippen LogP contribution is -2.27. The quantitative estimate of drug-likeness (QED) is 0.470. The Morgan fingerprint density at radius 2 is 1.81 bits per heavy atom. The van der Waals surface area contributed by atoms with E-state index in [2.05, 4.69) is 13.8 Å². The summed E-state index contributed by atoms with van der Waals surface area (Å²) in [5, 5.41) is 0. The van der Waals surface area contributed by atoms with Crippen LogP contribution in [-0.4, -0.2) is 19.1 Å². The van der Waals surface area contributed by atoms with Gasteiger partial charge in [-0.3, -0.25) is 0 Å². The van der Waals surface area contributed by atoms with Gasteiger partial charge in [0, 0.05) is 19.1 Å². The van der Waals surface area contributed by atoms with Crippen LogP contribution >= 0.6 is 11.6 Å². The molecule has 0 bridgehead atoms. The second-order valence-electron chi connectivity index (χ2n) is 5.74. The predicted molar refractivity (Wildman–Crippen MR) is 71.1 cm³/mol. The van der Waals surface area contributed by atoms with Crippen molar-refractivity contribution in [2.75, 3.05) is 19.1 Å². The first-order valence-electron chi connectivity index (χ1n) is 6.82. The summed E-state index contributed by atoms with van der Waals surface area (Å²) in [4.78, 5) is 0. The summed E-state index contributed by atoms with van der Waals surface area (Å²) in [6, 6.07) is 0. The highest BCUT2D eigenvalue weighted by atomic mass is 35.5. The van der Waals surface area contributed by atoms with Crippen LogP contribution in [0, 0.1) is 11.3 Å². The average Bonchev–Trinajstić information content (AvgIpc) is 2.29. The first-order chi connectivity index (χ1) is 7.68. The van der Waals surface area contributed by atoms with E-state index in [0.29, 0.717) is 5.41 Å². The van der Waals surface area contributed by atoms with Gasteiger partial charge in [-0.1, -0.05) is 33.1 Å². The molecule has 0 aromatic heterocycles. The standard InChI is InChI=1S/C14H27ClO/c1-13(2)6-10-16-11-9-14(12-15)7-4-3-5-8-14/h13H,3-12H2,1-2H3. The van der Waals surface area contributed by atoms with Gasteiger partial charge in [0.1, 0.15) is 0 Å². The van der Waals surface area contributed by atoms with Crippen LogP contribution in [0.15, 0.2) is 0 Å².